The van der Waals surface area contributed by atoms with E-state index in [9.17, 15) is 4.79 Å². The Hall–Kier alpha value is -2.33. The summed E-state index contributed by atoms with van der Waals surface area (Å²) in [5.74, 6) is 0.885. The van der Waals surface area contributed by atoms with Crippen LogP contribution in [0.2, 0.25) is 0 Å². The fourth-order valence-electron chi connectivity index (χ4n) is 4.55. The normalized spacial score (nSPS) is 23.4. The third-order valence-electron chi connectivity index (χ3n) is 6.29. The molecule has 4 heteroatoms. The van der Waals surface area contributed by atoms with Gasteiger partial charge in [0.05, 0.1) is 18.8 Å². The number of hydrogen-bond acceptors (Lipinski definition) is 4. The molecule has 0 amide bonds. The van der Waals surface area contributed by atoms with Gasteiger partial charge in [0.25, 0.3) is 0 Å². The highest BCUT2D eigenvalue weighted by atomic mass is 16.6. The molecular formula is C27H36O4. The summed E-state index contributed by atoms with van der Waals surface area (Å²) in [4.78, 5) is 11.6. The van der Waals surface area contributed by atoms with Crippen molar-refractivity contribution in [3.05, 3.63) is 64.7 Å². The molecule has 31 heavy (non-hydrogen) atoms. The molecule has 1 aliphatic heterocycles. The lowest BCUT2D eigenvalue weighted by atomic mass is 9.85. The van der Waals surface area contributed by atoms with Crippen molar-refractivity contribution in [2.45, 2.75) is 78.6 Å². The molecule has 0 radical (unpaired) electrons. The molecule has 0 aromatic heterocycles. The number of esters is 1. The minimum absolute atomic E-state index is 0.0597. The first-order chi connectivity index (χ1) is 14.9. The van der Waals surface area contributed by atoms with E-state index >= 15 is 0 Å². The van der Waals surface area contributed by atoms with Crippen molar-refractivity contribution in [1.29, 1.82) is 0 Å². The molecule has 168 valence electrons. The molecular weight excluding hydrogens is 388 g/mol. The van der Waals surface area contributed by atoms with Crippen LogP contribution in [0.4, 0.5) is 0 Å². The van der Waals surface area contributed by atoms with Gasteiger partial charge in [-0.1, -0.05) is 51.1 Å². The number of hydrogen-bond donors (Lipinski definition) is 0. The van der Waals surface area contributed by atoms with Crippen LogP contribution in [0.15, 0.2) is 42.5 Å². The standard InChI is InChI=1S/C27H36O4/c1-6-21-11-12-22(16-23(21)15-20-9-13-24(14-10-20)29-8-3)27-17-26(30-19(5)28)18(4)25(7-2)31-27/h9-14,16,18,25-27H,6-8,15,17H2,1-5H3/t18-,25?,26?,27?/m1/s1. The Labute approximate surface area is 186 Å². The average molecular weight is 425 g/mol. The molecule has 1 heterocycles. The van der Waals surface area contributed by atoms with Gasteiger partial charge in [-0.15, -0.1) is 0 Å². The average Bonchev–Trinajstić information content (AvgIpc) is 2.76. The van der Waals surface area contributed by atoms with Crippen molar-refractivity contribution in [3.8, 4) is 5.75 Å². The second-order valence-electron chi connectivity index (χ2n) is 8.45. The van der Waals surface area contributed by atoms with Crippen molar-refractivity contribution >= 4 is 5.97 Å². The summed E-state index contributed by atoms with van der Waals surface area (Å²) in [6.45, 7) is 10.6. The zero-order valence-corrected chi connectivity index (χ0v) is 19.5. The maximum Gasteiger partial charge on any atom is 0.302 e. The Bertz CT molecular complexity index is 858. The van der Waals surface area contributed by atoms with E-state index in [1.165, 1.54) is 29.2 Å². The topological polar surface area (TPSA) is 44.8 Å². The van der Waals surface area contributed by atoms with Crippen LogP contribution in [0.25, 0.3) is 0 Å². The molecule has 1 aliphatic rings. The molecule has 0 saturated carbocycles. The highest BCUT2D eigenvalue weighted by Crippen LogP contribution is 2.38. The van der Waals surface area contributed by atoms with Crippen molar-refractivity contribution in [2.24, 2.45) is 5.92 Å². The predicted molar refractivity (Wildman–Crippen MR) is 123 cm³/mol. The van der Waals surface area contributed by atoms with Gasteiger partial charge in [0.1, 0.15) is 11.9 Å². The third kappa shape index (κ3) is 5.88. The second kappa shape index (κ2) is 10.8. The van der Waals surface area contributed by atoms with Gasteiger partial charge in [0.2, 0.25) is 0 Å². The quantitative estimate of drug-likeness (QED) is 0.484. The minimum atomic E-state index is -0.218. The summed E-state index contributed by atoms with van der Waals surface area (Å²) in [6, 6.07) is 15.0. The Morgan fingerprint density at radius 2 is 1.81 bits per heavy atom. The zero-order chi connectivity index (χ0) is 22.4. The third-order valence-corrected chi connectivity index (χ3v) is 6.29. The fourth-order valence-corrected chi connectivity index (χ4v) is 4.55. The maximum atomic E-state index is 11.6. The van der Waals surface area contributed by atoms with Crippen molar-refractivity contribution in [3.63, 3.8) is 0 Å². The first-order valence-corrected chi connectivity index (χ1v) is 11.6. The lowest BCUT2D eigenvalue weighted by Gasteiger charge is -2.40. The lowest BCUT2D eigenvalue weighted by Crippen LogP contribution is -2.41. The van der Waals surface area contributed by atoms with Crippen LogP contribution in [-0.2, 0) is 27.1 Å². The van der Waals surface area contributed by atoms with Crippen LogP contribution in [-0.4, -0.2) is 24.8 Å². The van der Waals surface area contributed by atoms with Crippen LogP contribution < -0.4 is 4.74 Å². The first-order valence-electron chi connectivity index (χ1n) is 11.6. The predicted octanol–water partition coefficient (Wildman–Crippen LogP) is 6.05. The van der Waals surface area contributed by atoms with Crippen LogP contribution >= 0.6 is 0 Å². The number of carbonyl (C=O) groups excluding carboxylic acids is 1. The van der Waals surface area contributed by atoms with Gasteiger partial charge < -0.3 is 14.2 Å². The summed E-state index contributed by atoms with van der Waals surface area (Å²) < 4.78 is 17.7. The SMILES string of the molecule is CCOc1ccc(Cc2cc(C3CC(OC(C)=O)[C@H](C)C(CC)O3)ccc2CC)cc1. The van der Waals surface area contributed by atoms with Gasteiger partial charge in [-0.05, 0) is 60.6 Å². The van der Waals surface area contributed by atoms with Gasteiger partial charge in [-0.3, -0.25) is 4.79 Å². The van der Waals surface area contributed by atoms with Crippen molar-refractivity contribution in [2.75, 3.05) is 6.61 Å². The molecule has 4 atom stereocenters. The van der Waals surface area contributed by atoms with E-state index in [4.69, 9.17) is 14.2 Å². The van der Waals surface area contributed by atoms with E-state index in [-0.39, 0.29) is 30.2 Å². The van der Waals surface area contributed by atoms with E-state index in [1.54, 1.807) is 0 Å². The van der Waals surface area contributed by atoms with E-state index in [0.717, 1.165) is 25.0 Å². The highest BCUT2D eigenvalue weighted by molar-refractivity contribution is 5.66. The molecule has 2 aromatic rings. The summed E-state index contributed by atoms with van der Waals surface area (Å²) in [6.07, 6.45) is 3.38. The minimum Gasteiger partial charge on any atom is -0.494 e. The Balaban J connectivity index is 1.83. The molecule has 0 aliphatic carbocycles. The lowest BCUT2D eigenvalue weighted by molar-refractivity contribution is -0.173. The Kier molecular flexibility index (Phi) is 8.14. The van der Waals surface area contributed by atoms with Gasteiger partial charge >= 0.3 is 5.97 Å². The number of carbonyl (C=O) groups is 1. The zero-order valence-electron chi connectivity index (χ0n) is 19.5. The largest absolute Gasteiger partial charge is 0.494 e. The summed E-state index contributed by atoms with van der Waals surface area (Å²) in [5.41, 5.74) is 5.10. The number of rotatable bonds is 8. The molecule has 0 bridgehead atoms. The van der Waals surface area contributed by atoms with Crippen LogP contribution in [0.3, 0.4) is 0 Å². The number of ether oxygens (including phenoxy) is 3. The summed E-state index contributed by atoms with van der Waals surface area (Å²) in [5, 5.41) is 0. The Morgan fingerprint density at radius 3 is 2.42 bits per heavy atom. The Morgan fingerprint density at radius 1 is 1.06 bits per heavy atom. The van der Waals surface area contributed by atoms with Crippen LogP contribution in [0.5, 0.6) is 5.75 Å². The van der Waals surface area contributed by atoms with Crippen LogP contribution in [0, 0.1) is 5.92 Å². The molecule has 3 rings (SSSR count). The van der Waals surface area contributed by atoms with E-state index in [1.807, 2.05) is 19.1 Å². The van der Waals surface area contributed by atoms with Gasteiger partial charge in [0, 0.05) is 19.3 Å². The van der Waals surface area contributed by atoms with Crippen molar-refractivity contribution < 1.29 is 19.0 Å². The molecule has 4 nitrogen and oxygen atoms in total. The van der Waals surface area contributed by atoms with Gasteiger partial charge in [-0.2, -0.15) is 0 Å². The van der Waals surface area contributed by atoms with E-state index < -0.39 is 0 Å². The first kappa shape index (κ1) is 23.3. The second-order valence-corrected chi connectivity index (χ2v) is 8.45. The van der Waals surface area contributed by atoms with Crippen molar-refractivity contribution in [1.82, 2.24) is 0 Å². The molecule has 0 spiro atoms. The maximum absolute atomic E-state index is 11.6. The monoisotopic (exact) mass is 424 g/mol. The molecule has 1 fully saturated rings. The number of benzene rings is 2. The number of aryl methyl sites for hydroxylation is 1. The molecule has 3 unspecified atom stereocenters. The van der Waals surface area contributed by atoms with E-state index in [2.05, 4.69) is 51.1 Å². The van der Waals surface area contributed by atoms with Gasteiger partial charge in [0.15, 0.2) is 0 Å². The smallest absolute Gasteiger partial charge is 0.302 e. The summed E-state index contributed by atoms with van der Waals surface area (Å²) in [7, 11) is 0. The van der Waals surface area contributed by atoms with E-state index in [0.29, 0.717) is 13.0 Å². The van der Waals surface area contributed by atoms with Gasteiger partial charge in [-0.25, -0.2) is 0 Å². The fraction of sp³-hybridized carbons (Fsp3) is 0.519. The molecule has 0 N–H and O–H groups in total. The van der Waals surface area contributed by atoms with Crippen LogP contribution in [0.1, 0.15) is 75.8 Å². The summed E-state index contributed by atoms with van der Waals surface area (Å²) >= 11 is 0. The molecule has 2 aromatic carbocycles. The highest BCUT2D eigenvalue weighted by Gasteiger charge is 2.37. The molecule has 1 saturated heterocycles.